The number of hydrogen-bond donors (Lipinski definition) is 2. The first-order valence-corrected chi connectivity index (χ1v) is 11.5. The van der Waals surface area contributed by atoms with Gasteiger partial charge in [0, 0.05) is 61.2 Å². The monoisotopic (exact) mass is 462 g/mol. The van der Waals surface area contributed by atoms with Crippen molar-refractivity contribution in [3.63, 3.8) is 0 Å². The Balaban J connectivity index is 1.52. The number of fused-ring (bicyclic) bond motifs is 2. The number of halogens is 2. The normalized spacial score (nSPS) is 15.6. The number of nitrogens with two attached hydrogens (primary N) is 1. The van der Waals surface area contributed by atoms with E-state index in [-0.39, 0.29) is 5.82 Å². The van der Waals surface area contributed by atoms with Gasteiger partial charge in [0.25, 0.3) is 0 Å². The molecule has 5 rings (SSSR count). The zero-order valence-corrected chi connectivity index (χ0v) is 19.3. The van der Waals surface area contributed by atoms with Gasteiger partial charge in [-0.1, -0.05) is 24.8 Å². The van der Waals surface area contributed by atoms with Crippen LogP contribution in [0.5, 0.6) is 0 Å². The molecule has 2 aliphatic heterocycles. The molecule has 176 valence electrons. The molecule has 0 unspecified atom stereocenters. The van der Waals surface area contributed by atoms with E-state index < -0.39 is 11.8 Å². The van der Waals surface area contributed by atoms with Gasteiger partial charge in [-0.05, 0) is 53.3 Å². The summed E-state index contributed by atoms with van der Waals surface area (Å²) in [4.78, 5) is 6.29. The maximum absolute atomic E-state index is 15.1. The average Bonchev–Trinajstić information content (AvgIpc) is 2.83. The van der Waals surface area contributed by atoms with Crippen molar-refractivity contribution in [1.82, 2.24) is 15.2 Å². The third-order valence-electron chi connectivity index (χ3n) is 6.77. The molecule has 2 aliphatic rings. The summed E-state index contributed by atoms with van der Waals surface area (Å²) in [5.41, 5.74) is 12.7. The van der Waals surface area contributed by atoms with Crippen LogP contribution in [0.2, 0.25) is 0 Å². The maximum Gasteiger partial charge on any atom is 0.222 e. The van der Waals surface area contributed by atoms with E-state index in [9.17, 15) is 4.39 Å². The van der Waals surface area contributed by atoms with Crippen LogP contribution in [0, 0.1) is 11.8 Å². The topological polar surface area (TPSA) is 63.4 Å². The fourth-order valence-corrected chi connectivity index (χ4v) is 4.87. The maximum atomic E-state index is 15.1. The van der Waals surface area contributed by atoms with E-state index >= 15 is 4.39 Å². The number of nitrogens with zero attached hydrogens (tertiary/aromatic N) is 2. The molecule has 0 aliphatic carbocycles. The number of nitrogen functional groups attached to an aromatic ring is 1. The van der Waals surface area contributed by atoms with E-state index in [4.69, 9.17) is 10.5 Å². The molecule has 0 atom stereocenters. The number of pyridine rings is 1. The molecule has 34 heavy (non-hydrogen) atoms. The van der Waals surface area contributed by atoms with E-state index in [1.807, 2.05) is 18.2 Å². The molecule has 5 nitrogen and oxygen atoms in total. The van der Waals surface area contributed by atoms with E-state index in [0.717, 1.165) is 50.1 Å². The van der Waals surface area contributed by atoms with Gasteiger partial charge >= 0.3 is 0 Å². The summed E-state index contributed by atoms with van der Waals surface area (Å²) in [7, 11) is 1.71. The Morgan fingerprint density at radius 1 is 1.03 bits per heavy atom. The molecule has 0 saturated carbocycles. The number of ether oxygens (including phenoxy) is 1. The first-order valence-electron chi connectivity index (χ1n) is 11.5. The molecule has 0 saturated heterocycles. The van der Waals surface area contributed by atoms with Crippen molar-refractivity contribution < 1.29 is 13.5 Å². The summed E-state index contributed by atoms with van der Waals surface area (Å²) in [5, 5.41) is 3.15. The van der Waals surface area contributed by atoms with Crippen molar-refractivity contribution in [1.29, 1.82) is 0 Å². The minimum absolute atomic E-state index is 0.0281. The molecule has 2 aromatic carbocycles. The van der Waals surface area contributed by atoms with Gasteiger partial charge < -0.3 is 15.8 Å². The van der Waals surface area contributed by atoms with Crippen molar-refractivity contribution in [2.75, 3.05) is 39.1 Å². The van der Waals surface area contributed by atoms with Gasteiger partial charge in [0.2, 0.25) is 5.95 Å². The van der Waals surface area contributed by atoms with Crippen molar-refractivity contribution in [2.45, 2.75) is 19.4 Å². The average molecular weight is 463 g/mol. The Hall–Kier alpha value is -3.29. The van der Waals surface area contributed by atoms with E-state index in [2.05, 4.69) is 21.8 Å². The molecule has 0 amide bonds. The van der Waals surface area contributed by atoms with Gasteiger partial charge in [-0.15, -0.1) is 0 Å². The largest absolute Gasteiger partial charge is 0.385 e. The molecule has 1 aromatic heterocycles. The van der Waals surface area contributed by atoms with Crippen LogP contribution in [0.15, 0.2) is 43.0 Å². The Bertz CT molecular complexity index is 1270. The van der Waals surface area contributed by atoms with Gasteiger partial charge in [-0.2, -0.15) is 4.39 Å². The Morgan fingerprint density at radius 3 is 2.71 bits per heavy atom. The molecule has 7 heteroatoms. The van der Waals surface area contributed by atoms with Crippen LogP contribution in [0.3, 0.4) is 0 Å². The second-order valence-corrected chi connectivity index (χ2v) is 8.91. The Kier molecular flexibility index (Phi) is 6.06. The second kappa shape index (κ2) is 9.16. The van der Waals surface area contributed by atoms with Crippen LogP contribution >= 0.6 is 0 Å². The van der Waals surface area contributed by atoms with Crippen LogP contribution in [0.25, 0.3) is 28.0 Å². The molecule has 3 aromatic rings. The van der Waals surface area contributed by atoms with Gasteiger partial charge in [0.05, 0.1) is 6.61 Å². The zero-order valence-electron chi connectivity index (χ0n) is 19.3. The van der Waals surface area contributed by atoms with Crippen LogP contribution in [0.4, 0.5) is 14.6 Å². The Labute approximate surface area is 198 Å². The first-order chi connectivity index (χ1) is 16.4. The highest BCUT2D eigenvalue weighted by Crippen LogP contribution is 2.36. The van der Waals surface area contributed by atoms with Crippen LogP contribution in [0.1, 0.15) is 22.3 Å². The number of rotatable bonds is 5. The zero-order chi connectivity index (χ0) is 23.8. The lowest BCUT2D eigenvalue weighted by atomic mass is 9.91. The first kappa shape index (κ1) is 22.5. The highest BCUT2D eigenvalue weighted by Gasteiger charge is 2.22. The van der Waals surface area contributed by atoms with Crippen LogP contribution in [-0.2, 0) is 24.1 Å². The molecule has 0 bridgehead atoms. The SMILES string of the molecule is C=C1NCCc2cc(-c3cc(-c4ccc5c(c4)CCN(CCOC)C5)c(F)nc3N)c(F)cc21. The molecule has 0 radical (unpaired) electrons. The molecule has 3 heterocycles. The predicted molar refractivity (Wildman–Crippen MR) is 131 cm³/mol. The lowest BCUT2D eigenvalue weighted by Crippen LogP contribution is -2.33. The van der Waals surface area contributed by atoms with Gasteiger partial charge in [0.15, 0.2) is 0 Å². The molecule has 3 N–H and O–H groups in total. The summed E-state index contributed by atoms with van der Waals surface area (Å²) in [6, 6.07) is 10.8. The Morgan fingerprint density at radius 2 is 1.88 bits per heavy atom. The van der Waals surface area contributed by atoms with Crippen LogP contribution < -0.4 is 11.1 Å². The third kappa shape index (κ3) is 4.17. The highest BCUT2D eigenvalue weighted by atomic mass is 19.1. The second-order valence-electron chi connectivity index (χ2n) is 8.91. The van der Waals surface area contributed by atoms with Crippen LogP contribution in [-0.4, -0.2) is 43.2 Å². The minimum Gasteiger partial charge on any atom is -0.385 e. The molecule has 0 fully saturated rings. The van der Waals surface area contributed by atoms with E-state index in [0.29, 0.717) is 34.6 Å². The summed E-state index contributed by atoms with van der Waals surface area (Å²) in [6.45, 7) is 8.04. The lowest BCUT2D eigenvalue weighted by Gasteiger charge is -2.28. The standard InChI is InChI=1S/C27H28F2N4O/c1-16-21-14-25(28)23(12-19(21)5-7-31-16)24-13-22(26(29)32-27(24)30)18-3-4-20-15-33(9-10-34-2)8-6-17(20)11-18/h3-4,11-14,31H,1,5-10,15H2,2H3,(H2,30,32). The summed E-state index contributed by atoms with van der Waals surface area (Å²) >= 11 is 0. The van der Waals surface area contributed by atoms with Crippen molar-refractivity contribution in [2.24, 2.45) is 0 Å². The lowest BCUT2D eigenvalue weighted by molar-refractivity contribution is 0.141. The highest BCUT2D eigenvalue weighted by molar-refractivity contribution is 5.82. The van der Waals surface area contributed by atoms with Gasteiger partial charge in [0.1, 0.15) is 11.6 Å². The number of methoxy groups -OCH3 is 1. The minimum atomic E-state index is -0.658. The molecular formula is C27H28F2N4O. The fourth-order valence-electron chi connectivity index (χ4n) is 4.87. The smallest absolute Gasteiger partial charge is 0.222 e. The number of benzene rings is 2. The summed E-state index contributed by atoms with van der Waals surface area (Å²) in [6.07, 6.45) is 1.62. The van der Waals surface area contributed by atoms with E-state index in [1.54, 1.807) is 19.2 Å². The molecular weight excluding hydrogens is 434 g/mol. The quantitative estimate of drug-likeness (QED) is 0.551. The molecule has 0 spiro atoms. The van der Waals surface area contributed by atoms with E-state index in [1.165, 1.54) is 17.2 Å². The third-order valence-corrected chi connectivity index (χ3v) is 6.77. The van der Waals surface area contributed by atoms with Crippen molar-refractivity contribution in [3.05, 3.63) is 77.0 Å². The van der Waals surface area contributed by atoms with Gasteiger partial charge in [-0.3, -0.25) is 4.90 Å². The fraction of sp³-hybridized carbons (Fsp3) is 0.296. The van der Waals surface area contributed by atoms with Crippen molar-refractivity contribution >= 4 is 11.5 Å². The number of aromatic nitrogens is 1. The predicted octanol–water partition coefficient (Wildman–Crippen LogP) is 4.40. The summed E-state index contributed by atoms with van der Waals surface area (Å²) < 4.78 is 35.3. The van der Waals surface area contributed by atoms with Gasteiger partial charge in [-0.25, -0.2) is 9.37 Å². The summed E-state index contributed by atoms with van der Waals surface area (Å²) in [5.74, 6) is -1.12. The number of anilines is 1. The number of nitrogens with one attached hydrogen (secondary N) is 1. The number of hydrogen-bond acceptors (Lipinski definition) is 5. The van der Waals surface area contributed by atoms with Crippen molar-refractivity contribution in [3.8, 4) is 22.3 Å².